The first kappa shape index (κ1) is 15.1. The molecule has 108 valence electrons. The minimum absolute atomic E-state index is 0.435. The molecule has 1 N–H and O–H groups in total. The van der Waals surface area contributed by atoms with Crippen LogP contribution in [-0.2, 0) is 11.4 Å². The first-order valence-corrected chi connectivity index (χ1v) is 6.81. The van der Waals surface area contributed by atoms with Gasteiger partial charge in [-0.3, -0.25) is 0 Å². The van der Waals surface area contributed by atoms with Crippen LogP contribution in [0.1, 0.15) is 16.7 Å². The zero-order chi connectivity index (χ0) is 15.2. The fraction of sp³-hybridized carbons (Fsp3) is 0.118. The minimum atomic E-state index is -0.995. The molecule has 0 aliphatic carbocycles. The number of carboxylic acid groups (broad SMARTS) is 1. The summed E-state index contributed by atoms with van der Waals surface area (Å²) < 4.78 is 5.67. The van der Waals surface area contributed by atoms with E-state index in [9.17, 15) is 4.79 Å². The summed E-state index contributed by atoms with van der Waals surface area (Å²) in [5.74, 6) is -0.421. The number of carbonyl (C=O) groups is 1. The Labute approximate surface area is 128 Å². The van der Waals surface area contributed by atoms with Gasteiger partial charge in [0.1, 0.15) is 12.4 Å². The first-order valence-electron chi connectivity index (χ1n) is 6.43. The monoisotopic (exact) mass is 302 g/mol. The van der Waals surface area contributed by atoms with Crippen molar-refractivity contribution in [3.63, 3.8) is 0 Å². The summed E-state index contributed by atoms with van der Waals surface area (Å²) in [5.41, 5.74) is 2.97. The van der Waals surface area contributed by atoms with Gasteiger partial charge in [0, 0.05) is 6.08 Å². The number of aryl methyl sites for hydroxylation is 1. The van der Waals surface area contributed by atoms with E-state index in [0.717, 1.165) is 11.6 Å². The molecule has 0 heterocycles. The molecule has 0 amide bonds. The first-order chi connectivity index (χ1) is 10.0. The molecular weight excluding hydrogens is 288 g/mol. The summed E-state index contributed by atoms with van der Waals surface area (Å²) in [7, 11) is 0. The van der Waals surface area contributed by atoms with Gasteiger partial charge >= 0.3 is 5.97 Å². The van der Waals surface area contributed by atoms with Crippen LogP contribution in [0.5, 0.6) is 5.75 Å². The van der Waals surface area contributed by atoms with Gasteiger partial charge in [-0.1, -0.05) is 47.5 Å². The summed E-state index contributed by atoms with van der Waals surface area (Å²) in [6, 6.07) is 13.2. The Morgan fingerprint density at radius 3 is 2.57 bits per heavy atom. The zero-order valence-electron chi connectivity index (χ0n) is 11.5. The molecular formula is C17H15ClO3. The molecule has 3 nitrogen and oxygen atoms in total. The highest BCUT2D eigenvalue weighted by Gasteiger charge is 2.03. The lowest BCUT2D eigenvalue weighted by Crippen LogP contribution is -1.96. The number of hydrogen-bond donors (Lipinski definition) is 1. The Morgan fingerprint density at radius 1 is 1.24 bits per heavy atom. The molecule has 0 spiro atoms. The molecule has 0 atom stereocenters. The van der Waals surface area contributed by atoms with Crippen LogP contribution in [0, 0.1) is 6.92 Å². The lowest BCUT2D eigenvalue weighted by atomic mass is 10.1. The van der Waals surface area contributed by atoms with Crippen molar-refractivity contribution in [1.82, 2.24) is 0 Å². The van der Waals surface area contributed by atoms with Gasteiger partial charge in [-0.15, -0.1) is 0 Å². The SMILES string of the molecule is Cc1ccc(COc2ccc(/C=C/C(=O)O)cc2Cl)cc1. The molecule has 2 rings (SSSR count). The van der Waals surface area contributed by atoms with Gasteiger partial charge in [0.15, 0.2) is 0 Å². The van der Waals surface area contributed by atoms with E-state index < -0.39 is 5.97 Å². The predicted octanol–water partition coefficient (Wildman–Crippen LogP) is 4.33. The summed E-state index contributed by atoms with van der Waals surface area (Å²) in [6.45, 7) is 2.47. The summed E-state index contributed by atoms with van der Waals surface area (Å²) in [4.78, 5) is 10.5. The van der Waals surface area contributed by atoms with Crippen LogP contribution in [0.25, 0.3) is 6.08 Å². The second-order valence-corrected chi connectivity index (χ2v) is 5.04. The fourth-order valence-corrected chi connectivity index (χ4v) is 1.99. The molecule has 0 radical (unpaired) electrons. The third-order valence-corrected chi connectivity index (χ3v) is 3.18. The van der Waals surface area contributed by atoms with Crippen LogP contribution in [0.4, 0.5) is 0 Å². The molecule has 0 bridgehead atoms. The molecule has 2 aromatic carbocycles. The number of aliphatic carboxylic acids is 1. The lowest BCUT2D eigenvalue weighted by Gasteiger charge is -2.09. The zero-order valence-corrected chi connectivity index (χ0v) is 12.3. The number of ether oxygens (including phenoxy) is 1. The fourth-order valence-electron chi connectivity index (χ4n) is 1.75. The van der Waals surface area contributed by atoms with E-state index in [1.807, 2.05) is 31.2 Å². The maximum atomic E-state index is 10.5. The average Bonchev–Trinajstić information content (AvgIpc) is 2.46. The summed E-state index contributed by atoms with van der Waals surface area (Å²) in [6.07, 6.45) is 2.55. The van der Waals surface area contributed by atoms with E-state index in [0.29, 0.717) is 22.9 Å². The Hall–Kier alpha value is -2.26. The minimum Gasteiger partial charge on any atom is -0.487 e. The Bertz CT molecular complexity index is 660. The van der Waals surface area contributed by atoms with Crippen LogP contribution in [0.15, 0.2) is 48.5 Å². The quantitative estimate of drug-likeness (QED) is 0.836. The van der Waals surface area contributed by atoms with Crippen molar-refractivity contribution in [3.05, 3.63) is 70.3 Å². The largest absolute Gasteiger partial charge is 0.487 e. The second-order valence-electron chi connectivity index (χ2n) is 4.64. The Kier molecular flexibility index (Phi) is 5.01. The third kappa shape index (κ3) is 4.65. The van der Waals surface area contributed by atoms with Crippen molar-refractivity contribution in [2.75, 3.05) is 0 Å². The molecule has 4 heteroatoms. The van der Waals surface area contributed by atoms with Crippen LogP contribution in [-0.4, -0.2) is 11.1 Å². The van der Waals surface area contributed by atoms with E-state index in [4.69, 9.17) is 21.4 Å². The summed E-state index contributed by atoms with van der Waals surface area (Å²) >= 11 is 6.13. The molecule has 0 saturated carbocycles. The number of carboxylic acids is 1. The molecule has 0 aliphatic heterocycles. The van der Waals surface area contributed by atoms with Crippen molar-refractivity contribution in [2.24, 2.45) is 0 Å². The van der Waals surface area contributed by atoms with Gasteiger partial charge in [0.05, 0.1) is 5.02 Å². The molecule has 21 heavy (non-hydrogen) atoms. The third-order valence-electron chi connectivity index (χ3n) is 2.89. The average molecular weight is 303 g/mol. The molecule has 2 aromatic rings. The van der Waals surface area contributed by atoms with Crippen LogP contribution in [0.2, 0.25) is 5.02 Å². The van der Waals surface area contributed by atoms with Crippen LogP contribution >= 0.6 is 11.6 Å². The van der Waals surface area contributed by atoms with Crippen molar-refractivity contribution < 1.29 is 14.6 Å². The van der Waals surface area contributed by atoms with E-state index in [1.165, 1.54) is 11.6 Å². The number of hydrogen-bond acceptors (Lipinski definition) is 2. The Balaban J connectivity index is 2.04. The van der Waals surface area contributed by atoms with Crippen LogP contribution < -0.4 is 4.74 Å². The van der Waals surface area contributed by atoms with Crippen molar-refractivity contribution in [2.45, 2.75) is 13.5 Å². The van der Waals surface area contributed by atoms with Gasteiger partial charge < -0.3 is 9.84 Å². The number of benzene rings is 2. The number of halogens is 1. The Morgan fingerprint density at radius 2 is 1.95 bits per heavy atom. The standard InChI is InChI=1S/C17H15ClO3/c1-12-2-4-14(5-3-12)11-21-16-8-6-13(10-15(16)18)7-9-17(19)20/h2-10H,11H2,1H3,(H,19,20)/b9-7+. The van der Waals surface area contributed by atoms with Gasteiger partial charge in [0.2, 0.25) is 0 Å². The highest BCUT2D eigenvalue weighted by atomic mass is 35.5. The van der Waals surface area contributed by atoms with Gasteiger partial charge in [-0.05, 0) is 36.3 Å². The van der Waals surface area contributed by atoms with E-state index in [1.54, 1.807) is 18.2 Å². The predicted molar refractivity (Wildman–Crippen MR) is 83.6 cm³/mol. The van der Waals surface area contributed by atoms with Gasteiger partial charge in [-0.25, -0.2) is 4.79 Å². The topological polar surface area (TPSA) is 46.5 Å². The second kappa shape index (κ2) is 6.95. The summed E-state index contributed by atoms with van der Waals surface area (Å²) in [5, 5.41) is 9.04. The normalized spacial score (nSPS) is 10.8. The van der Waals surface area contributed by atoms with Gasteiger partial charge in [0.25, 0.3) is 0 Å². The smallest absolute Gasteiger partial charge is 0.328 e. The van der Waals surface area contributed by atoms with E-state index in [-0.39, 0.29) is 0 Å². The molecule has 0 fully saturated rings. The van der Waals surface area contributed by atoms with Crippen LogP contribution in [0.3, 0.4) is 0 Å². The highest BCUT2D eigenvalue weighted by molar-refractivity contribution is 6.32. The molecule has 0 saturated heterocycles. The van der Waals surface area contributed by atoms with E-state index in [2.05, 4.69) is 0 Å². The number of rotatable bonds is 5. The van der Waals surface area contributed by atoms with Crippen molar-refractivity contribution >= 4 is 23.6 Å². The molecule has 0 aromatic heterocycles. The maximum absolute atomic E-state index is 10.5. The molecule has 0 aliphatic rings. The van der Waals surface area contributed by atoms with Crippen molar-refractivity contribution in [1.29, 1.82) is 0 Å². The highest BCUT2D eigenvalue weighted by Crippen LogP contribution is 2.26. The van der Waals surface area contributed by atoms with E-state index >= 15 is 0 Å². The maximum Gasteiger partial charge on any atom is 0.328 e. The van der Waals surface area contributed by atoms with Crippen molar-refractivity contribution in [3.8, 4) is 5.75 Å². The lowest BCUT2D eigenvalue weighted by molar-refractivity contribution is -0.131. The molecule has 0 unspecified atom stereocenters. The van der Waals surface area contributed by atoms with Gasteiger partial charge in [-0.2, -0.15) is 0 Å².